The first-order valence-electron chi connectivity index (χ1n) is 10.1. The van der Waals surface area contributed by atoms with Gasteiger partial charge in [-0.3, -0.25) is 9.59 Å². The number of carbonyl (C=O) groups is 2. The molecule has 160 valence electrons. The van der Waals surface area contributed by atoms with Crippen LogP contribution >= 0.6 is 0 Å². The van der Waals surface area contributed by atoms with E-state index in [9.17, 15) is 18.0 Å². The van der Waals surface area contributed by atoms with Gasteiger partial charge in [-0.05, 0) is 55.0 Å². The highest BCUT2D eigenvalue weighted by atomic mass is 32.2. The largest absolute Gasteiger partial charge is 0.364 e. The van der Waals surface area contributed by atoms with Crippen molar-refractivity contribution >= 4 is 21.8 Å². The highest BCUT2D eigenvalue weighted by molar-refractivity contribution is 7.89. The molecule has 4 rings (SSSR count). The lowest BCUT2D eigenvalue weighted by Gasteiger charge is -2.34. The first kappa shape index (κ1) is 20.6. The Balaban J connectivity index is 1.45. The predicted molar refractivity (Wildman–Crippen MR) is 112 cm³/mol. The number of benzene rings is 1. The Hall–Kier alpha value is -2.65. The maximum Gasteiger partial charge on any atom is 0.265 e. The normalized spacial score (nSPS) is 17.6. The van der Waals surface area contributed by atoms with E-state index < -0.39 is 15.9 Å². The van der Waals surface area contributed by atoms with Crippen LogP contribution in [-0.2, 0) is 29.9 Å². The van der Waals surface area contributed by atoms with Gasteiger partial charge >= 0.3 is 0 Å². The van der Waals surface area contributed by atoms with E-state index in [1.54, 1.807) is 11.9 Å². The van der Waals surface area contributed by atoms with Gasteiger partial charge in [-0.15, -0.1) is 0 Å². The number of amides is 2. The van der Waals surface area contributed by atoms with Crippen LogP contribution in [0.4, 0.5) is 0 Å². The zero-order valence-corrected chi connectivity index (χ0v) is 17.8. The molecule has 2 aliphatic rings. The smallest absolute Gasteiger partial charge is 0.265 e. The third-order valence-electron chi connectivity index (χ3n) is 5.99. The van der Waals surface area contributed by atoms with Gasteiger partial charge in [-0.2, -0.15) is 4.31 Å². The number of piperazine rings is 1. The minimum Gasteiger partial charge on any atom is -0.364 e. The van der Waals surface area contributed by atoms with E-state index in [0.717, 1.165) is 19.3 Å². The summed E-state index contributed by atoms with van der Waals surface area (Å²) in [6.07, 6.45) is 5.81. The van der Waals surface area contributed by atoms with Crippen LogP contribution < -0.4 is 5.73 Å². The van der Waals surface area contributed by atoms with Gasteiger partial charge in [0.2, 0.25) is 10.0 Å². The monoisotopic (exact) mass is 430 g/mol. The minimum absolute atomic E-state index is 0.0354. The standard InChI is InChI=1S/C21H26N4O4S/c1-23-14-18(13-19(23)20(22)26)30(28,29)25-10-8-24(9-11-25)21(27)17-7-6-15-4-2-3-5-16(15)12-17/h6-7,12-14H,2-5,8-11H2,1H3,(H2,22,26). The molecule has 0 saturated carbocycles. The summed E-state index contributed by atoms with van der Waals surface area (Å²) < 4.78 is 28.6. The van der Waals surface area contributed by atoms with E-state index in [-0.39, 0.29) is 29.6 Å². The maximum absolute atomic E-state index is 12.9. The van der Waals surface area contributed by atoms with Crippen LogP contribution in [0.2, 0.25) is 0 Å². The number of primary amides is 1. The van der Waals surface area contributed by atoms with Crippen LogP contribution in [0.1, 0.15) is 44.8 Å². The molecule has 2 N–H and O–H groups in total. The lowest BCUT2D eigenvalue weighted by Crippen LogP contribution is -2.50. The van der Waals surface area contributed by atoms with Crippen molar-refractivity contribution in [2.45, 2.75) is 30.6 Å². The summed E-state index contributed by atoms with van der Waals surface area (Å²) in [6, 6.07) is 7.22. The number of aromatic nitrogens is 1. The molecule has 9 heteroatoms. The molecule has 1 aromatic carbocycles. The van der Waals surface area contributed by atoms with Crippen LogP contribution in [0, 0.1) is 0 Å². The van der Waals surface area contributed by atoms with Crippen LogP contribution in [0.3, 0.4) is 0 Å². The second kappa shape index (κ2) is 7.88. The van der Waals surface area contributed by atoms with Crippen molar-refractivity contribution < 1.29 is 18.0 Å². The average Bonchev–Trinajstić information content (AvgIpc) is 3.16. The number of hydrogen-bond donors (Lipinski definition) is 1. The van der Waals surface area contributed by atoms with Crippen molar-refractivity contribution in [3.05, 3.63) is 52.8 Å². The third kappa shape index (κ3) is 3.75. The van der Waals surface area contributed by atoms with E-state index >= 15 is 0 Å². The van der Waals surface area contributed by atoms with E-state index in [4.69, 9.17) is 5.73 Å². The second-order valence-corrected chi connectivity index (χ2v) is 9.86. The molecular weight excluding hydrogens is 404 g/mol. The Labute approximate surface area is 176 Å². The van der Waals surface area contributed by atoms with Gasteiger partial charge in [0, 0.05) is 45.0 Å². The van der Waals surface area contributed by atoms with Gasteiger partial charge in [0.15, 0.2) is 0 Å². The number of fused-ring (bicyclic) bond motifs is 1. The number of sulfonamides is 1. The molecular formula is C21H26N4O4S. The first-order valence-corrected chi connectivity index (χ1v) is 11.6. The van der Waals surface area contributed by atoms with Gasteiger partial charge < -0.3 is 15.2 Å². The SMILES string of the molecule is Cn1cc(S(=O)(=O)N2CCN(C(=O)c3ccc4c(c3)CCCC4)CC2)cc1C(N)=O. The molecule has 0 radical (unpaired) electrons. The number of hydrogen-bond acceptors (Lipinski definition) is 4. The topological polar surface area (TPSA) is 106 Å². The summed E-state index contributed by atoms with van der Waals surface area (Å²) in [4.78, 5) is 26.1. The molecule has 1 aromatic heterocycles. The number of carbonyl (C=O) groups excluding carboxylic acids is 2. The molecule has 8 nitrogen and oxygen atoms in total. The van der Waals surface area contributed by atoms with Gasteiger partial charge in [0.25, 0.3) is 11.8 Å². The Morgan fingerprint density at radius 3 is 2.27 bits per heavy atom. The Bertz CT molecular complexity index is 1100. The van der Waals surface area contributed by atoms with Crippen molar-refractivity contribution in [1.82, 2.24) is 13.8 Å². The highest BCUT2D eigenvalue weighted by Gasteiger charge is 2.32. The average molecular weight is 431 g/mol. The van der Waals surface area contributed by atoms with E-state index in [1.165, 1.54) is 38.7 Å². The molecule has 0 bridgehead atoms. The van der Waals surface area contributed by atoms with Gasteiger partial charge in [-0.1, -0.05) is 6.07 Å². The van der Waals surface area contributed by atoms with Crippen molar-refractivity contribution in [3.8, 4) is 0 Å². The fraction of sp³-hybridized carbons (Fsp3) is 0.429. The van der Waals surface area contributed by atoms with Crippen molar-refractivity contribution in [2.24, 2.45) is 12.8 Å². The molecule has 0 atom stereocenters. The zero-order chi connectivity index (χ0) is 21.5. The second-order valence-electron chi connectivity index (χ2n) is 7.92. The van der Waals surface area contributed by atoms with Crippen LogP contribution in [-0.4, -0.2) is 60.2 Å². The van der Waals surface area contributed by atoms with Crippen molar-refractivity contribution in [3.63, 3.8) is 0 Å². The molecule has 2 heterocycles. The van der Waals surface area contributed by atoms with Crippen LogP contribution in [0.5, 0.6) is 0 Å². The Morgan fingerprint density at radius 1 is 0.967 bits per heavy atom. The maximum atomic E-state index is 12.9. The fourth-order valence-electron chi connectivity index (χ4n) is 4.25. The van der Waals surface area contributed by atoms with E-state index in [2.05, 4.69) is 0 Å². The van der Waals surface area contributed by atoms with E-state index in [0.29, 0.717) is 18.7 Å². The molecule has 1 aliphatic carbocycles. The Kier molecular flexibility index (Phi) is 5.42. The molecule has 1 aliphatic heterocycles. The lowest BCUT2D eigenvalue weighted by molar-refractivity contribution is 0.0697. The number of nitrogens with zero attached hydrogens (tertiary/aromatic N) is 3. The zero-order valence-electron chi connectivity index (χ0n) is 17.0. The number of rotatable bonds is 4. The fourth-order valence-corrected chi connectivity index (χ4v) is 5.74. The van der Waals surface area contributed by atoms with Gasteiger partial charge in [0.05, 0.1) is 0 Å². The molecule has 2 aromatic rings. The third-order valence-corrected chi connectivity index (χ3v) is 7.86. The van der Waals surface area contributed by atoms with Gasteiger partial charge in [0.1, 0.15) is 10.6 Å². The summed E-state index contributed by atoms with van der Waals surface area (Å²) in [5.41, 5.74) is 8.67. The molecule has 2 amide bonds. The summed E-state index contributed by atoms with van der Waals surface area (Å²) in [7, 11) is -2.18. The lowest BCUT2D eigenvalue weighted by atomic mass is 9.90. The number of aryl methyl sites for hydroxylation is 3. The molecule has 0 unspecified atom stereocenters. The Morgan fingerprint density at radius 2 is 1.63 bits per heavy atom. The van der Waals surface area contributed by atoms with Crippen molar-refractivity contribution in [2.75, 3.05) is 26.2 Å². The summed E-state index contributed by atoms with van der Waals surface area (Å²) in [5.74, 6) is -0.740. The highest BCUT2D eigenvalue weighted by Crippen LogP contribution is 2.24. The predicted octanol–water partition coefficient (Wildman–Crippen LogP) is 1.15. The van der Waals surface area contributed by atoms with E-state index in [1.807, 2.05) is 18.2 Å². The summed E-state index contributed by atoms with van der Waals surface area (Å²) >= 11 is 0. The van der Waals surface area contributed by atoms with Crippen LogP contribution in [0.25, 0.3) is 0 Å². The van der Waals surface area contributed by atoms with Crippen molar-refractivity contribution in [1.29, 1.82) is 0 Å². The summed E-state index contributed by atoms with van der Waals surface area (Å²) in [5, 5.41) is 0. The minimum atomic E-state index is -3.76. The first-order chi connectivity index (χ1) is 14.3. The molecule has 0 spiro atoms. The molecule has 1 fully saturated rings. The van der Waals surface area contributed by atoms with Crippen LogP contribution in [0.15, 0.2) is 35.4 Å². The number of nitrogens with two attached hydrogens (primary N) is 1. The van der Waals surface area contributed by atoms with Gasteiger partial charge in [-0.25, -0.2) is 8.42 Å². The quantitative estimate of drug-likeness (QED) is 0.785. The molecule has 1 saturated heterocycles. The molecule has 30 heavy (non-hydrogen) atoms. The summed E-state index contributed by atoms with van der Waals surface area (Å²) in [6.45, 7) is 1.06.